The van der Waals surface area contributed by atoms with Crippen LogP contribution in [0, 0.1) is 0 Å². The first-order valence-electron chi connectivity index (χ1n) is 13.6. The van der Waals surface area contributed by atoms with Gasteiger partial charge in [-0.05, 0) is 65.5 Å². The molecule has 2 aromatic carbocycles. The minimum Gasteiger partial charge on any atom is -0.504 e. The molecule has 0 radical (unpaired) electrons. The third-order valence-corrected chi connectivity index (χ3v) is 7.32. The van der Waals surface area contributed by atoms with E-state index in [4.69, 9.17) is 0 Å². The fourth-order valence-corrected chi connectivity index (χ4v) is 5.49. The first-order valence-corrected chi connectivity index (χ1v) is 13.6. The molecule has 0 spiro atoms. The Labute approximate surface area is 233 Å². The van der Waals surface area contributed by atoms with E-state index >= 15 is 0 Å². The van der Waals surface area contributed by atoms with E-state index in [1.807, 2.05) is 76.2 Å². The lowest BCUT2D eigenvalue weighted by Gasteiger charge is -2.19. The van der Waals surface area contributed by atoms with Crippen molar-refractivity contribution in [3.63, 3.8) is 0 Å². The van der Waals surface area contributed by atoms with E-state index in [-0.39, 0.29) is 11.1 Å². The number of nitrogens with one attached hydrogen (secondary N) is 2. The fourth-order valence-electron chi connectivity index (χ4n) is 5.49. The lowest BCUT2D eigenvalue weighted by atomic mass is 9.83. The number of aliphatic hydroxyl groups excluding tert-OH is 2. The number of allylic oxidation sites excluding steroid dienone is 6. The zero-order valence-electron chi connectivity index (χ0n) is 23.3. The molecule has 5 rings (SSSR count). The van der Waals surface area contributed by atoms with Gasteiger partial charge in [0.2, 0.25) is 11.6 Å². The number of para-hydroxylation sites is 2. The Hall–Kier alpha value is -4.58. The van der Waals surface area contributed by atoms with Gasteiger partial charge in [-0.3, -0.25) is 9.59 Å². The zero-order valence-corrected chi connectivity index (χ0v) is 23.3. The van der Waals surface area contributed by atoms with Crippen molar-refractivity contribution in [3.05, 3.63) is 106 Å². The second kappa shape index (κ2) is 10.9. The van der Waals surface area contributed by atoms with E-state index < -0.39 is 23.1 Å². The van der Waals surface area contributed by atoms with Crippen LogP contribution in [-0.4, -0.2) is 31.7 Å². The molecule has 6 nitrogen and oxygen atoms in total. The predicted octanol–water partition coefficient (Wildman–Crippen LogP) is 7.84. The summed E-state index contributed by atoms with van der Waals surface area (Å²) >= 11 is 0. The van der Waals surface area contributed by atoms with E-state index in [0.29, 0.717) is 34.7 Å². The Balaban J connectivity index is 1.66. The second-order valence-electron chi connectivity index (χ2n) is 10.8. The van der Waals surface area contributed by atoms with Crippen LogP contribution in [-0.2, 0) is 22.4 Å². The van der Waals surface area contributed by atoms with E-state index in [0.717, 1.165) is 35.3 Å². The summed E-state index contributed by atoms with van der Waals surface area (Å²) < 4.78 is 0. The molecule has 0 bridgehead atoms. The summed E-state index contributed by atoms with van der Waals surface area (Å²) in [5.41, 5.74) is 5.98. The summed E-state index contributed by atoms with van der Waals surface area (Å²) in [6.45, 7) is 8.08. The van der Waals surface area contributed by atoms with E-state index in [1.165, 1.54) is 11.1 Å². The van der Waals surface area contributed by atoms with Crippen LogP contribution in [0.1, 0.15) is 63.1 Å². The van der Waals surface area contributed by atoms with Crippen molar-refractivity contribution in [2.24, 2.45) is 0 Å². The maximum atomic E-state index is 13.9. The van der Waals surface area contributed by atoms with Crippen LogP contribution in [0.4, 0.5) is 0 Å². The predicted molar refractivity (Wildman–Crippen MR) is 161 cm³/mol. The van der Waals surface area contributed by atoms with Gasteiger partial charge in [0.1, 0.15) is 0 Å². The van der Waals surface area contributed by atoms with Gasteiger partial charge in [0, 0.05) is 44.3 Å². The SMILES string of the molecule is CC(C)=CCCc1[nH]c2ccccc2c1C1=C(O)C(=O)C(c2c(CCC=C(C)C)[nH]c3ccccc23)=C(O)C1=O. The molecule has 0 saturated heterocycles. The number of aliphatic hydroxyl groups is 2. The van der Waals surface area contributed by atoms with Gasteiger partial charge in [-0.15, -0.1) is 0 Å². The highest BCUT2D eigenvalue weighted by Gasteiger charge is 2.39. The van der Waals surface area contributed by atoms with E-state index in [2.05, 4.69) is 22.1 Å². The largest absolute Gasteiger partial charge is 0.504 e. The second-order valence-corrected chi connectivity index (χ2v) is 10.8. The quantitative estimate of drug-likeness (QED) is 0.136. The van der Waals surface area contributed by atoms with Crippen LogP contribution in [0.25, 0.3) is 33.0 Å². The molecule has 1 aliphatic rings. The molecule has 40 heavy (non-hydrogen) atoms. The Morgan fingerprint density at radius 3 is 1.40 bits per heavy atom. The van der Waals surface area contributed by atoms with Crippen LogP contribution in [0.15, 0.2) is 83.3 Å². The van der Waals surface area contributed by atoms with E-state index in [1.54, 1.807) is 0 Å². The molecule has 4 aromatic rings. The lowest BCUT2D eigenvalue weighted by Crippen LogP contribution is -2.23. The number of hydrogen-bond donors (Lipinski definition) is 4. The third-order valence-electron chi connectivity index (χ3n) is 7.32. The summed E-state index contributed by atoms with van der Waals surface area (Å²) in [5.74, 6) is -2.82. The molecule has 2 aromatic heterocycles. The number of ketones is 2. The summed E-state index contributed by atoms with van der Waals surface area (Å²) in [6.07, 6.45) is 6.77. The molecular weight excluding hydrogens is 500 g/mol. The van der Waals surface area contributed by atoms with Crippen LogP contribution < -0.4 is 0 Å². The minimum atomic E-state index is -0.763. The Morgan fingerprint density at radius 1 is 0.650 bits per heavy atom. The van der Waals surface area contributed by atoms with Crippen molar-refractivity contribution >= 4 is 44.5 Å². The summed E-state index contributed by atoms with van der Waals surface area (Å²) in [5, 5.41) is 24.2. The fraction of sp³-hybridized carbons (Fsp3) is 0.235. The average molecular weight is 535 g/mol. The first kappa shape index (κ1) is 27.0. The highest BCUT2D eigenvalue weighted by Crippen LogP contribution is 2.41. The van der Waals surface area contributed by atoms with Crippen LogP contribution in [0.3, 0.4) is 0 Å². The minimum absolute atomic E-state index is 0.165. The standard InChI is InChI=1S/C34H34N2O4/c1-19(2)11-9-17-25-27(21-13-5-7-15-23(21)35-25)29-31(37)33(39)30(34(40)32(29)38)28-22-14-6-8-16-24(22)36-26(28)18-10-12-20(3)4/h5-8,11-16,35-37,40H,9-10,17-18H2,1-4H3. The van der Waals surface area contributed by atoms with E-state index in [9.17, 15) is 19.8 Å². The molecule has 0 atom stereocenters. The number of fused-ring (bicyclic) bond motifs is 2. The van der Waals surface area contributed by atoms with Gasteiger partial charge in [-0.1, -0.05) is 59.7 Å². The molecule has 0 fully saturated rings. The van der Waals surface area contributed by atoms with Crippen LogP contribution >= 0.6 is 0 Å². The number of Topliss-reactive ketones (excluding diaryl/α,β-unsaturated/α-hetero) is 2. The number of aromatic amines is 2. The van der Waals surface area contributed by atoms with Crippen LogP contribution in [0.2, 0.25) is 0 Å². The molecule has 204 valence electrons. The summed E-state index contributed by atoms with van der Waals surface area (Å²) in [4.78, 5) is 34.5. The van der Waals surface area contributed by atoms with Crippen molar-refractivity contribution in [1.29, 1.82) is 0 Å². The normalized spacial score (nSPS) is 14.0. The smallest absolute Gasteiger partial charge is 0.232 e. The van der Waals surface area contributed by atoms with Gasteiger partial charge in [-0.2, -0.15) is 0 Å². The Morgan fingerprint density at radius 2 is 1.02 bits per heavy atom. The summed E-state index contributed by atoms with van der Waals surface area (Å²) in [6, 6.07) is 14.9. The molecule has 0 aliphatic heterocycles. The number of rotatable bonds is 8. The van der Waals surface area contributed by atoms with Crippen molar-refractivity contribution in [3.8, 4) is 0 Å². The monoisotopic (exact) mass is 534 g/mol. The van der Waals surface area contributed by atoms with Gasteiger partial charge in [0.05, 0.1) is 11.1 Å². The Kier molecular flexibility index (Phi) is 7.35. The van der Waals surface area contributed by atoms with Crippen LogP contribution in [0.5, 0.6) is 0 Å². The van der Waals surface area contributed by atoms with Crippen molar-refractivity contribution in [2.75, 3.05) is 0 Å². The van der Waals surface area contributed by atoms with Gasteiger partial charge in [0.15, 0.2) is 11.5 Å². The number of hydrogen-bond acceptors (Lipinski definition) is 4. The molecule has 6 heteroatoms. The van der Waals surface area contributed by atoms with Crippen molar-refractivity contribution in [2.45, 2.75) is 53.4 Å². The molecule has 0 amide bonds. The zero-order chi connectivity index (χ0) is 28.6. The van der Waals surface area contributed by atoms with Gasteiger partial charge in [0.25, 0.3) is 0 Å². The molecule has 2 heterocycles. The molecule has 1 aliphatic carbocycles. The maximum absolute atomic E-state index is 13.9. The number of carbonyl (C=O) groups excluding carboxylic acids is 2. The number of carbonyl (C=O) groups is 2. The van der Waals surface area contributed by atoms with Gasteiger partial charge in [-0.25, -0.2) is 0 Å². The number of benzene rings is 2. The Bertz CT molecular complexity index is 1650. The first-order chi connectivity index (χ1) is 19.2. The number of aryl methyl sites for hydroxylation is 2. The molecule has 0 saturated carbocycles. The lowest BCUT2D eigenvalue weighted by molar-refractivity contribution is -0.116. The number of aromatic nitrogens is 2. The van der Waals surface area contributed by atoms with Crippen molar-refractivity contribution in [1.82, 2.24) is 9.97 Å². The maximum Gasteiger partial charge on any atom is 0.232 e. The van der Waals surface area contributed by atoms with Gasteiger partial charge >= 0.3 is 0 Å². The third kappa shape index (κ3) is 4.81. The molecule has 0 unspecified atom stereocenters. The average Bonchev–Trinajstić information content (AvgIpc) is 3.46. The highest BCUT2D eigenvalue weighted by molar-refractivity contribution is 6.48. The topological polar surface area (TPSA) is 106 Å². The molecule has 4 N–H and O–H groups in total. The van der Waals surface area contributed by atoms with Gasteiger partial charge < -0.3 is 20.2 Å². The highest BCUT2D eigenvalue weighted by atomic mass is 16.3. The van der Waals surface area contributed by atoms with Crippen molar-refractivity contribution < 1.29 is 19.8 Å². The number of H-pyrrole nitrogens is 2. The summed E-state index contributed by atoms with van der Waals surface area (Å²) in [7, 11) is 0. The molecular formula is C34H34N2O4.